The monoisotopic (exact) mass is 428 g/mol. The Morgan fingerprint density at radius 3 is 2.52 bits per heavy atom. The molecule has 0 aliphatic carbocycles. The Labute approximate surface area is 141 Å². The molecule has 0 unspecified atom stereocenters. The summed E-state index contributed by atoms with van der Waals surface area (Å²) < 4.78 is 6.94. The zero-order valence-corrected chi connectivity index (χ0v) is 14.3. The van der Waals surface area contributed by atoms with Gasteiger partial charge in [-0.3, -0.25) is 4.79 Å². The Kier molecular flexibility index (Phi) is 3.82. The molecular formula is C15H7Br2ClO3. The van der Waals surface area contributed by atoms with Crippen LogP contribution in [-0.4, -0.2) is 5.11 Å². The predicted octanol–water partition coefficient (Wildman–Crippen LogP) is 5.34. The van der Waals surface area contributed by atoms with Gasteiger partial charge in [-0.1, -0.05) is 11.6 Å². The molecule has 1 heterocycles. The van der Waals surface area contributed by atoms with Crippen LogP contribution in [0.5, 0.6) is 5.75 Å². The van der Waals surface area contributed by atoms with Crippen molar-refractivity contribution in [1.82, 2.24) is 0 Å². The summed E-state index contributed by atoms with van der Waals surface area (Å²) in [6.07, 6.45) is 0. The van der Waals surface area contributed by atoms with Gasteiger partial charge in [-0.2, -0.15) is 0 Å². The molecule has 0 aliphatic rings. The van der Waals surface area contributed by atoms with Crippen molar-refractivity contribution in [1.29, 1.82) is 0 Å². The first-order valence-electron chi connectivity index (χ1n) is 5.87. The molecule has 0 fully saturated rings. The summed E-state index contributed by atoms with van der Waals surface area (Å²) in [5, 5.41) is 10.4. The lowest BCUT2D eigenvalue weighted by Crippen LogP contribution is -2.00. The SMILES string of the molecule is O=c1cc(-c2ccc(O)c(Br)c2)oc2c(Br)cc(Cl)cc12. The average molecular weight is 430 g/mol. The van der Waals surface area contributed by atoms with E-state index in [9.17, 15) is 9.90 Å². The largest absolute Gasteiger partial charge is 0.507 e. The highest BCUT2D eigenvalue weighted by Crippen LogP contribution is 2.33. The van der Waals surface area contributed by atoms with E-state index < -0.39 is 0 Å². The van der Waals surface area contributed by atoms with Crippen molar-refractivity contribution in [2.75, 3.05) is 0 Å². The smallest absolute Gasteiger partial charge is 0.193 e. The maximum Gasteiger partial charge on any atom is 0.193 e. The first-order chi connectivity index (χ1) is 9.95. The number of fused-ring (bicyclic) bond motifs is 1. The summed E-state index contributed by atoms with van der Waals surface area (Å²) in [6.45, 7) is 0. The van der Waals surface area contributed by atoms with Gasteiger partial charge < -0.3 is 9.52 Å². The van der Waals surface area contributed by atoms with Crippen LogP contribution in [0.1, 0.15) is 0 Å². The van der Waals surface area contributed by atoms with Crippen molar-refractivity contribution in [3.8, 4) is 17.1 Å². The molecule has 2 aromatic carbocycles. The van der Waals surface area contributed by atoms with Gasteiger partial charge in [-0.25, -0.2) is 0 Å². The lowest BCUT2D eigenvalue weighted by atomic mass is 10.1. The Morgan fingerprint density at radius 1 is 1.05 bits per heavy atom. The zero-order valence-electron chi connectivity index (χ0n) is 10.4. The molecule has 0 spiro atoms. The molecular weight excluding hydrogens is 423 g/mol. The van der Waals surface area contributed by atoms with Gasteiger partial charge in [0.25, 0.3) is 0 Å². The third kappa shape index (κ3) is 2.73. The fourth-order valence-electron chi connectivity index (χ4n) is 1.99. The van der Waals surface area contributed by atoms with E-state index in [4.69, 9.17) is 16.0 Å². The number of phenols is 1. The Hall–Kier alpha value is -1.30. The van der Waals surface area contributed by atoms with Gasteiger partial charge in [0.15, 0.2) is 11.0 Å². The quantitative estimate of drug-likeness (QED) is 0.567. The minimum atomic E-state index is -0.182. The zero-order chi connectivity index (χ0) is 15.1. The van der Waals surface area contributed by atoms with Gasteiger partial charge in [0.05, 0.1) is 14.3 Å². The van der Waals surface area contributed by atoms with Crippen LogP contribution in [-0.2, 0) is 0 Å². The molecule has 3 aromatic rings. The number of halogens is 3. The second-order valence-electron chi connectivity index (χ2n) is 4.41. The molecule has 6 heteroatoms. The number of aromatic hydroxyl groups is 1. The fraction of sp³-hybridized carbons (Fsp3) is 0. The standard InChI is InChI=1S/C15H7Br2ClO3/c16-10-3-7(1-2-12(10)19)14-6-13(20)9-4-8(18)5-11(17)15(9)21-14/h1-6,19H. The van der Waals surface area contributed by atoms with E-state index in [1.54, 1.807) is 24.3 Å². The summed E-state index contributed by atoms with van der Waals surface area (Å²) in [7, 11) is 0. The summed E-state index contributed by atoms with van der Waals surface area (Å²) in [5.41, 5.74) is 0.935. The highest BCUT2D eigenvalue weighted by molar-refractivity contribution is 9.11. The topological polar surface area (TPSA) is 50.4 Å². The van der Waals surface area contributed by atoms with Crippen LogP contribution >= 0.6 is 43.5 Å². The first-order valence-corrected chi connectivity index (χ1v) is 7.84. The van der Waals surface area contributed by atoms with Crippen LogP contribution in [0.25, 0.3) is 22.3 Å². The first kappa shape index (κ1) is 14.6. The maximum absolute atomic E-state index is 12.2. The minimum Gasteiger partial charge on any atom is -0.507 e. The second-order valence-corrected chi connectivity index (χ2v) is 6.55. The molecule has 0 amide bonds. The summed E-state index contributed by atoms with van der Waals surface area (Å²) >= 11 is 12.5. The van der Waals surface area contributed by atoms with Crippen molar-refractivity contribution in [3.05, 3.63) is 60.6 Å². The summed E-state index contributed by atoms with van der Waals surface area (Å²) in [6, 6.07) is 9.54. The Balaban J connectivity index is 2.30. The van der Waals surface area contributed by atoms with Crippen LogP contribution in [0, 0.1) is 0 Å². The normalized spacial score (nSPS) is 11.0. The van der Waals surface area contributed by atoms with Gasteiger partial charge in [-0.05, 0) is 62.2 Å². The van der Waals surface area contributed by atoms with Crippen molar-refractivity contribution in [3.63, 3.8) is 0 Å². The van der Waals surface area contributed by atoms with E-state index in [2.05, 4.69) is 31.9 Å². The third-order valence-corrected chi connectivity index (χ3v) is 4.42. The number of benzene rings is 2. The third-order valence-electron chi connectivity index (χ3n) is 2.98. The summed E-state index contributed by atoms with van der Waals surface area (Å²) in [5.74, 6) is 0.533. The van der Waals surface area contributed by atoms with E-state index >= 15 is 0 Å². The molecule has 0 bridgehead atoms. The molecule has 21 heavy (non-hydrogen) atoms. The lowest BCUT2D eigenvalue weighted by Gasteiger charge is -2.06. The molecule has 0 saturated heterocycles. The molecule has 0 atom stereocenters. The molecule has 3 rings (SSSR count). The molecule has 0 saturated carbocycles. The lowest BCUT2D eigenvalue weighted by molar-refractivity contribution is 0.472. The van der Waals surface area contributed by atoms with Gasteiger partial charge >= 0.3 is 0 Å². The molecule has 1 N–H and O–H groups in total. The van der Waals surface area contributed by atoms with Crippen LogP contribution in [0.15, 0.2) is 54.6 Å². The van der Waals surface area contributed by atoms with Crippen molar-refractivity contribution in [2.45, 2.75) is 0 Å². The van der Waals surface area contributed by atoms with Crippen LogP contribution in [0.2, 0.25) is 5.02 Å². The predicted molar refractivity (Wildman–Crippen MR) is 90.0 cm³/mol. The molecule has 106 valence electrons. The number of phenolic OH excluding ortho intramolecular Hbond substituents is 1. The number of hydrogen-bond donors (Lipinski definition) is 1. The molecule has 1 aromatic heterocycles. The van der Waals surface area contributed by atoms with Gasteiger partial charge in [0.2, 0.25) is 0 Å². The van der Waals surface area contributed by atoms with E-state index in [0.29, 0.717) is 36.3 Å². The summed E-state index contributed by atoms with van der Waals surface area (Å²) in [4.78, 5) is 12.2. The molecule has 0 aliphatic heterocycles. The van der Waals surface area contributed by atoms with Gasteiger partial charge in [0.1, 0.15) is 11.5 Å². The van der Waals surface area contributed by atoms with Gasteiger partial charge in [0, 0.05) is 16.7 Å². The van der Waals surface area contributed by atoms with Crippen molar-refractivity contribution >= 4 is 54.4 Å². The number of hydrogen-bond acceptors (Lipinski definition) is 3. The highest BCUT2D eigenvalue weighted by Gasteiger charge is 2.11. The molecule has 3 nitrogen and oxygen atoms in total. The van der Waals surface area contributed by atoms with E-state index in [1.807, 2.05) is 0 Å². The van der Waals surface area contributed by atoms with Crippen LogP contribution < -0.4 is 5.43 Å². The van der Waals surface area contributed by atoms with Crippen LogP contribution in [0.3, 0.4) is 0 Å². The van der Waals surface area contributed by atoms with E-state index in [1.165, 1.54) is 12.1 Å². The minimum absolute atomic E-state index is 0.120. The Morgan fingerprint density at radius 2 is 1.81 bits per heavy atom. The maximum atomic E-state index is 12.2. The average Bonchev–Trinajstić information content (AvgIpc) is 2.43. The highest BCUT2D eigenvalue weighted by atomic mass is 79.9. The van der Waals surface area contributed by atoms with Crippen molar-refractivity contribution < 1.29 is 9.52 Å². The molecule has 0 radical (unpaired) electrons. The number of rotatable bonds is 1. The van der Waals surface area contributed by atoms with E-state index in [-0.39, 0.29) is 11.2 Å². The van der Waals surface area contributed by atoms with Crippen LogP contribution in [0.4, 0.5) is 0 Å². The van der Waals surface area contributed by atoms with Gasteiger partial charge in [-0.15, -0.1) is 0 Å². The second kappa shape index (κ2) is 5.48. The fourth-order valence-corrected chi connectivity index (χ4v) is 3.26. The van der Waals surface area contributed by atoms with Crippen molar-refractivity contribution in [2.24, 2.45) is 0 Å². The Bertz CT molecular complexity index is 919. The van der Waals surface area contributed by atoms with E-state index in [0.717, 1.165) is 0 Å².